The van der Waals surface area contributed by atoms with E-state index < -0.39 is 0 Å². The molecule has 4 heteroatoms. The predicted molar refractivity (Wildman–Crippen MR) is 94.7 cm³/mol. The van der Waals surface area contributed by atoms with Gasteiger partial charge in [-0.3, -0.25) is 9.69 Å². The number of piperidine rings is 2. The van der Waals surface area contributed by atoms with Gasteiger partial charge in [0.1, 0.15) is 0 Å². The minimum Gasteiger partial charge on any atom is -0.320 e. The van der Waals surface area contributed by atoms with E-state index in [1.807, 2.05) is 42.3 Å². The SMILES string of the molecule is CNCCC1CCN(C2CCCN(c3ccccc3)C2=O)CC1. The fraction of sp³-hybridized carbons (Fsp3) is 0.632. The van der Waals surface area contributed by atoms with Gasteiger partial charge in [-0.15, -0.1) is 0 Å². The molecule has 3 rings (SSSR count). The van der Waals surface area contributed by atoms with Crippen molar-refractivity contribution < 1.29 is 4.79 Å². The molecule has 23 heavy (non-hydrogen) atoms. The molecule has 1 aromatic rings. The average Bonchev–Trinajstić information content (AvgIpc) is 2.61. The van der Waals surface area contributed by atoms with Crippen LogP contribution in [-0.4, -0.2) is 50.1 Å². The summed E-state index contributed by atoms with van der Waals surface area (Å²) in [4.78, 5) is 17.4. The third-order valence-corrected chi connectivity index (χ3v) is 5.37. The smallest absolute Gasteiger partial charge is 0.244 e. The number of anilines is 1. The molecule has 2 saturated heterocycles. The molecule has 1 unspecified atom stereocenters. The van der Waals surface area contributed by atoms with Crippen LogP contribution in [-0.2, 0) is 4.79 Å². The predicted octanol–water partition coefficient (Wildman–Crippen LogP) is 2.50. The number of likely N-dealkylation sites (tertiary alicyclic amines) is 1. The normalized spacial score (nSPS) is 24.1. The van der Waals surface area contributed by atoms with Crippen LogP contribution in [0.4, 0.5) is 5.69 Å². The maximum atomic E-state index is 13.0. The van der Waals surface area contributed by atoms with Crippen LogP contribution in [0.25, 0.3) is 0 Å². The number of amides is 1. The van der Waals surface area contributed by atoms with Crippen molar-refractivity contribution in [2.24, 2.45) is 5.92 Å². The molecule has 0 aromatic heterocycles. The Morgan fingerprint density at radius 3 is 2.52 bits per heavy atom. The monoisotopic (exact) mass is 315 g/mol. The van der Waals surface area contributed by atoms with Crippen LogP contribution < -0.4 is 10.2 Å². The minimum absolute atomic E-state index is 0.0919. The number of rotatable bonds is 5. The summed E-state index contributed by atoms with van der Waals surface area (Å²) in [5.41, 5.74) is 1.05. The van der Waals surface area contributed by atoms with Crippen molar-refractivity contribution in [3.8, 4) is 0 Å². The van der Waals surface area contributed by atoms with Crippen LogP contribution in [0.2, 0.25) is 0 Å². The first-order valence-corrected chi connectivity index (χ1v) is 9.04. The summed E-state index contributed by atoms with van der Waals surface area (Å²) < 4.78 is 0. The van der Waals surface area contributed by atoms with Crippen molar-refractivity contribution in [3.63, 3.8) is 0 Å². The fourth-order valence-electron chi connectivity index (χ4n) is 3.96. The van der Waals surface area contributed by atoms with E-state index >= 15 is 0 Å². The van der Waals surface area contributed by atoms with Crippen LogP contribution in [0.1, 0.15) is 32.1 Å². The van der Waals surface area contributed by atoms with Gasteiger partial charge >= 0.3 is 0 Å². The second-order valence-corrected chi connectivity index (χ2v) is 6.86. The zero-order chi connectivity index (χ0) is 16.1. The summed E-state index contributed by atoms with van der Waals surface area (Å²) in [5, 5.41) is 3.25. The number of benzene rings is 1. The molecule has 0 saturated carbocycles. The first-order chi connectivity index (χ1) is 11.3. The zero-order valence-electron chi connectivity index (χ0n) is 14.2. The highest BCUT2D eigenvalue weighted by molar-refractivity contribution is 5.97. The van der Waals surface area contributed by atoms with Crippen molar-refractivity contribution in [2.75, 3.05) is 38.1 Å². The van der Waals surface area contributed by atoms with Crippen LogP contribution in [0.15, 0.2) is 30.3 Å². The molecule has 2 fully saturated rings. The Balaban J connectivity index is 1.59. The summed E-state index contributed by atoms with van der Waals surface area (Å²) in [6, 6.07) is 10.2. The van der Waals surface area contributed by atoms with Gasteiger partial charge in [0.15, 0.2) is 0 Å². The molecule has 0 aliphatic carbocycles. The lowest BCUT2D eigenvalue weighted by Gasteiger charge is -2.41. The van der Waals surface area contributed by atoms with E-state index in [0.29, 0.717) is 5.91 Å². The maximum absolute atomic E-state index is 13.0. The summed E-state index contributed by atoms with van der Waals surface area (Å²) in [6.45, 7) is 4.12. The molecule has 2 aliphatic heterocycles. The average molecular weight is 315 g/mol. The first kappa shape index (κ1) is 16.5. The van der Waals surface area contributed by atoms with Gasteiger partial charge < -0.3 is 10.2 Å². The van der Waals surface area contributed by atoms with E-state index in [1.54, 1.807) is 0 Å². The molecule has 1 amide bonds. The lowest BCUT2D eigenvalue weighted by atomic mass is 9.91. The van der Waals surface area contributed by atoms with Crippen molar-refractivity contribution in [2.45, 2.75) is 38.1 Å². The Hall–Kier alpha value is -1.39. The van der Waals surface area contributed by atoms with Gasteiger partial charge in [-0.2, -0.15) is 0 Å². The number of carbonyl (C=O) groups excluding carboxylic acids is 1. The molecule has 2 heterocycles. The maximum Gasteiger partial charge on any atom is 0.244 e. The molecular weight excluding hydrogens is 286 g/mol. The number of nitrogens with one attached hydrogen (secondary N) is 1. The molecule has 1 aromatic carbocycles. The molecule has 0 radical (unpaired) electrons. The standard InChI is InChI=1S/C19H29N3O/c1-20-12-9-16-10-14-21(15-11-16)18-8-5-13-22(19(18)23)17-6-3-2-4-7-17/h2-4,6-7,16,18,20H,5,8-15H2,1H3. The van der Waals surface area contributed by atoms with E-state index in [0.717, 1.165) is 50.6 Å². The van der Waals surface area contributed by atoms with Crippen LogP contribution in [0.5, 0.6) is 0 Å². The molecule has 0 spiro atoms. The molecule has 4 nitrogen and oxygen atoms in total. The van der Waals surface area contributed by atoms with Gasteiger partial charge in [-0.1, -0.05) is 18.2 Å². The largest absolute Gasteiger partial charge is 0.320 e. The van der Waals surface area contributed by atoms with Gasteiger partial charge in [-0.05, 0) is 76.8 Å². The Bertz CT molecular complexity index is 497. The molecule has 1 atom stereocenters. The fourth-order valence-corrected chi connectivity index (χ4v) is 3.96. The number of para-hydroxylation sites is 1. The van der Waals surface area contributed by atoms with Crippen molar-refractivity contribution in [3.05, 3.63) is 30.3 Å². The third-order valence-electron chi connectivity index (χ3n) is 5.37. The number of hydrogen-bond acceptors (Lipinski definition) is 3. The van der Waals surface area contributed by atoms with Crippen LogP contribution >= 0.6 is 0 Å². The Labute approximate surface area is 139 Å². The van der Waals surface area contributed by atoms with Crippen molar-refractivity contribution >= 4 is 11.6 Å². The van der Waals surface area contributed by atoms with Gasteiger partial charge in [0, 0.05) is 12.2 Å². The summed E-state index contributed by atoms with van der Waals surface area (Å²) >= 11 is 0. The molecular formula is C19H29N3O. The van der Waals surface area contributed by atoms with E-state index in [-0.39, 0.29) is 6.04 Å². The molecule has 126 valence electrons. The Kier molecular flexibility index (Phi) is 5.68. The second-order valence-electron chi connectivity index (χ2n) is 6.86. The highest BCUT2D eigenvalue weighted by atomic mass is 16.2. The van der Waals surface area contributed by atoms with Crippen LogP contribution in [0.3, 0.4) is 0 Å². The lowest BCUT2D eigenvalue weighted by Crippen LogP contribution is -2.54. The number of hydrogen-bond donors (Lipinski definition) is 1. The van der Waals surface area contributed by atoms with E-state index in [2.05, 4.69) is 10.2 Å². The van der Waals surface area contributed by atoms with E-state index in [4.69, 9.17) is 0 Å². The molecule has 0 bridgehead atoms. The van der Waals surface area contributed by atoms with Gasteiger partial charge in [0.25, 0.3) is 0 Å². The topological polar surface area (TPSA) is 35.6 Å². The van der Waals surface area contributed by atoms with Crippen LogP contribution in [0, 0.1) is 5.92 Å². The summed E-state index contributed by atoms with van der Waals surface area (Å²) in [5.74, 6) is 1.12. The van der Waals surface area contributed by atoms with Gasteiger partial charge in [0.2, 0.25) is 5.91 Å². The quantitative estimate of drug-likeness (QED) is 0.907. The zero-order valence-corrected chi connectivity index (χ0v) is 14.2. The molecule has 2 aliphatic rings. The molecule has 1 N–H and O–H groups in total. The number of nitrogens with zero attached hydrogens (tertiary/aromatic N) is 2. The highest BCUT2D eigenvalue weighted by Crippen LogP contribution is 2.27. The first-order valence-electron chi connectivity index (χ1n) is 9.04. The Morgan fingerprint density at radius 2 is 1.83 bits per heavy atom. The van der Waals surface area contributed by atoms with E-state index in [9.17, 15) is 4.79 Å². The van der Waals surface area contributed by atoms with Gasteiger partial charge in [-0.25, -0.2) is 0 Å². The van der Waals surface area contributed by atoms with E-state index in [1.165, 1.54) is 19.3 Å². The van der Waals surface area contributed by atoms with Crippen molar-refractivity contribution in [1.82, 2.24) is 10.2 Å². The highest BCUT2D eigenvalue weighted by Gasteiger charge is 2.35. The lowest BCUT2D eigenvalue weighted by molar-refractivity contribution is -0.126. The second kappa shape index (κ2) is 7.93. The minimum atomic E-state index is 0.0919. The summed E-state index contributed by atoms with van der Waals surface area (Å²) in [6.07, 6.45) is 5.85. The third kappa shape index (κ3) is 3.93. The Morgan fingerprint density at radius 1 is 1.09 bits per heavy atom. The van der Waals surface area contributed by atoms with Crippen molar-refractivity contribution in [1.29, 1.82) is 0 Å². The summed E-state index contributed by atoms with van der Waals surface area (Å²) in [7, 11) is 2.02. The van der Waals surface area contributed by atoms with Gasteiger partial charge in [0.05, 0.1) is 6.04 Å². The number of carbonyl (C=O) groups is 1.